The first-order valence-corrected chi connectivity index (χ1v) is 5.18. The standard InChI is InChI=1S/C9H5N3O3S/c13-8(14)6-3-5(11-15-6)7-4-12-2-1-10-9(12)16-7/h1-4H,(H,13,14). The molecule has 0 aliphatic heterocycles. The van der Waals surface area contributed by atoms with Gasteiger partial charge in [0.05, 0.1) is 4.88 Å². The average Bonchev–Trinajstić information content (AvgIpc) is 2.91. The monoisotopic (exact) mass is 235 g/mol. The topological polar surface area (TPSA) is 80.6 Å². The molecule has 3 aromatic heterocycles. The van der Waals surface area contributed by atoms with Gasteiger partial charge in [-0.25, -0.2) is 9.78 Å². The smallest absolute Gasteiger partial charge is 0.374 e. The molecule has 16 heavy (non-hydrogen) atoms. The van der Waals surface area contributed by atoms with Crippen LogP contribution in [0.3, 0.4) is 0 Å². The molecule has 0 spiro atoms. The maximum absolute atomic E-state index is 10.6. The molecule has 6 nitrogen and oxygen atoms in total. The molecule has 0 amide bonds. The second kappa shape index (κ2) is 3.17. The van der Waals surface area contributed by atoms with Crippen molar-refractivity contribution in [1.29, 1.82) is 0 Å². The van der Waals surface area contributed by atoms with Gasteiger partial charge >= 0.3 is 5.97 Å². The minimum atomic E-state index is -1.12. The molecule has 0 aromatic carbocycles. The fourth-order valence-corrected chi connectivity index (χ4v) is 2.23. The van der Waals surface area contributed by atoms with Crippen molar-refractivity contribution < 1.29 is 14.4 Å². The van der Waals surface area contributed by atoms with E-state index in [-0.39, 0.29) is 5.76 Å². The number of hydrogen-bond donors (Lipinski definition) is 1. The van der Waals surface area contributed by atoms with Gasteiger partial charge in [0.1, 0.15) is 5.69 Å². The van der Waals surface area contributed by atoms with Crippen LogP contribution in [0, 0.1) is 0 Å². The van der Waals surface area contributed by atoms with Crippen LogP contribution in [-0.2, 0) is 0 Å². The minimum Gasteiger partial charge on any atom is -0.475 e. The van der Waals surface area contributed by atoms with E-state index in [2.05, 4.69) is 14.7 Å². The van der Waals surface area contributed by atoms with Crippen LogP contribution < -0.4 is 0 Å². The molecule has 0 unspecified atom stereocenters. The lowest BCUT2D eigenvalue weighted by molar-refractivity contribution is 0.0652. The Balaban J connectivity index is 2.08. The van der Waals surface area contributed by atoms with Crippen molar-refractivity contribution in [3.05, 3.63) is 30.4 Å². The van der Waals surface area contributed by atoms with Gasteiger partial charge < -0.3 is 9.63 Å². The van der Waals surface area contributed by atoms with E-state index in [1.807, 2.05) is 16.8 Å². The van der Waals surface area contributed by atoms with Crippen LogP contribution in [0.4, 0.5) is 0 Å². The van der Waals surface area contributed by atoms with Gasteiger partial charge in [0.25, 0.3) is 0 Å². The molecule has 0 aliphatic carbocycles. The van der Waals surface area contributed by atoms with Gasteiger partial charge in [-0.15, -0.1) is 0 Å². The summed E-state index contributed by atoms with van der Waals surface area (Å²) in [5.74, 6) is -1.29. The molecule has 7 heteroatoms. The number of thiazole rings is 1. The highest BCUT2D eigenvalue weighted by atomic mass is 32.1. The van der Waals surface area contributed by atoms with Gasteiger partial charge in [-0.3, -0.25) is 4.40 Å². The van der Waals surface area contributed by atoms with Crippen LogP contribution in [0.25, 0.3) is 15.5 Å². The Bertz CT molecular complexity index is 638. The molecule has 3 aromatic rings. The molecule has 0 aliphatic rings. The first-order valence-electron chi connectivity index (χ1n) is 4.37. The predicted molar refractivity (Wildman–Crippen MR) is 55.5 cm³/mol. The third kappa shape index (κ3) is 1.29. The lowest BCUT2D eigenvalue weighted by atomic mass is 10.3. The summed E-state index contributed by atoms with van der Waals surface area (Å²) in [7, 11) is 0. The van der Waals surface area contributed by atoms with E-state index < -0.39 is 5.97 Å². The van der Waals surface area contributed by atoms with Crippen LogP contribution in [0.1, 0.15) is 10.6 Å². The highest BCUT2D eigenvalue weighted by Gasteiger charge is 2.14. The van der Waals surface area contributed by atoms with Gasteiger partial charge in [0.15, 0.2) is 4.96 Å². The summed E-state index contributed by atoms with van der Waals surface area (Å²) < 4.78 is 6.52. The molecule has 3 rings (SSSR count). The normalized spacial score (nSPS) is 11.0. The number of carboxylic acid groups (broad SMARTS) is 1. The van der Waals surface area contributed by atoms with Crippen LogP contribution in [0.15, 0.2) is 29.2 Å². The molecule has 0 fully saturated rings. The maximum Gasteiger partial charge on any atom is 0.374 e. The van der Waals surface area contributed by atoms with Crippen molar-refractivity contribution in [3.8, 4) is 10.6 Å². The number of aromatic carboxylic acids is 1. The van der Waals surface area contributed by atoms with E-state index in [9.17, 15) is 4.79 Å². The van der Waals surface area contributed by atoms with E-state index in [1.54, 1.807) is 6.20 Å². The summed E-state index contributed by atoms with van der Waals surface area (Å²) in [5, 5.41) is 12.4. The zero-order chi connectivity index (χ0) is 11.1. The second-order valence-corrected chi connectivity index (χ2v) is 4.10. The Morgan fingerprint density at radius 3 is 3.12 bits per heavy atom. The molecule has 0 bridgehead atoms. The van der Waals surface area contributed by atoms with Gasteiger partial charge in [-0.05, 0) is 0 Å². The summed E-state index contributed by atoms with van der Waals surface area (Å²) in [6.45, 7) is 0. The van der Waals surface area contributed by atoms with Crippen molar-refractivity contribution in [3.63, 3.8) is 0 Å². The van der Waals surface area contributed by atoms with Crippen LogP contribution >= 0.6 is 11.3 Å². The SMILES string of the molecule is O=C(O)c1cc(-c2cn3ccnc3s2)no1. The second-order valence-electron chi connectivity index (χ2n) is 3.09. The molecule has 3 heterocycles. The molecular formula is C9H5N3O3S. The van der Waals surface area contributed by atoms with Crippen LogP contribution in [-0.4, -0.2) is 25.6 Å². The number of carbonyl (C=O) groups is 1. The summed E-state index contributed by atoms with van der Waals surface area (Å²) in [4.78, 5) is 16.4. The number of aromatic nitrogens is 3. The minimum absolute atomic E-state index is 0.166. The number of hydrogen-bond acceptors (Lipinski definition) is 5. The Kier molecular flexibility index (Phi) is 1.80. The van der Waals surface area contributed by atoms with Crippen LogP contribution in [0.2, 0.25) is 0 Å². The maximum atomic E-state index is 10.6. The number of rotatable bonds is 2. The fraction of sp³-hybridized carbons (Fsp3) is 0. The summed E-state index contributed by atoms with van der Waals surface area (Å²) in [5.41, 5.74) is 0.507. The van der Waals surface area contributed by atoms with E-state index >= 15 is 0 Å². The number of nitrogens with zero attached hydrogens (tertiary/aromatic N) is 3. The van der Waals surface area contributed by atoms with Gasteiger partial charge in [-0.1, -0.05) is 16.5 Å². The quantitative estimate of drug-likeness (QED) is 0.731. The number of carboxylic acids is 1. The Hall–Kier alpha value is -2.15. The zero-order valence-corrected chi connectivity index (χ0v) is 8.64. The molecule has 0 saturated carbocycles. The zero-order valence-electron chi connectivity index (χ0n) is 7.82. The molecule has 1 N–H and O–H groups in total. The Morgan fingerprint density at radius 1 is 1.56 bits per heavy atom. The van der Waals surface area contributed by atoms with Gasteiger partial charge in [-0.2, -0.15) is 0 Å². The first kappa shape index (κ1) is 9.10. The first-order chi connectivity index (χ1) is 7.74. The van der Waals surface area contributed by atoms with Crippen LogP contribution in [0.5, 0.6) is 0 Å². The highest BCUT2D eigenvalue weighted by molar-refractivity contribution is 7.20. The van der Waals surface area contributed by atoms with E-state index in [1.165, 1.54) is 17.4 Å². The molecule has 0 saturated heterocycles. The molecule has 0 atom stereocenters. The number of imidazole rings is 1. The van der Waals surface area contributed by atoms with Crippen molar-refractivity contribution >= 4 is 22.3 Å². The summed E-state index contributed by atoms with van der Waals surface area (Å²) in [6, 6.07) is 1.40. The van der Waals surface area contributed by atoms with E-state index in [4.69, 9.17) is 5.11 Å². The molecule has 80 valence electrons. The third-order valence-corrected chi connectivity index (χ3v) is 3.10. The highest BCUT2D eigenvalue weighted by Crippen LogP contribution is 2.27. The summed E-state index contributed by atoms with van der Waals surface area (Å²) in [6.07, 6.45) is 5.34. The molecule has 0 radical (unpaired) electrons. The Morgan fingerprint density at radius 2 is 2.44 bits per heavy atom. The van der Waals surface area contributed by atoms with Crippen molar-refractivity contribution in [2.45, 2.75) is 0 Å². The average molecular weight is 235 g/mol. The Labute approximate surface area is 92.8 Å². The lowest BCUT2D eigenvalue weighted by Gasteiger charge is -1.82. The van der Waals surface area contributed by atoms with E-state index in [0.29, 0.717) is 5.69 Å². The number of fused-ring (bicyclic) bond motifs is 1. The summed E-state index contributed by atoms with van der Waals surface area (Å²) >= 11 is 1.42. The van der Waals surface area contributed by atoms with Gasteiger partial charge in [0, 0.05) is 24.7 Å². The lowest BCUT2D eigenvalue weighted by Crippen LogP contribution is -1.91. The van der Waals surface area contributed by atoms with Crippen molar-refractivity contribution in [1.82, 2.24) is 14.5 Å². The largest absolute Gasteiger partial charge is 0.475 e. The van der Waals surface area contributed by atoms with Crippen molar-refractivity contribution in [2.75, 3.05) is 0 Å². The fourth-order valence-electron chi connectivity index (χ4n) is 1.34. The third-order valence-electron chi connectivity index (χ3n) is 2.06. The van der Waals surface area contributed by atoms with E-state index in [0.717, 1.165) is 9.84 Å². The van der Waals surface area contributed by atoms with Gasteiger partial charge in [0.2, 0.25) is 5.76 Å². The van der Waals surface area contributed by atoms with Crippen molar-refractivity contribution in [2.24, 2.45) is 0 Å². The molecular weight excluding hydrogens is 230 g/mol. The predicted octanol–water partition coefficient (Wildman–Crippen LogP) is 1.75.